The predicted octanol–water partition coefficient (Wildman–Crippen LogP) is 5.04. The van der Waals surface area contributed by atoms with Gasteiger partial charge in [0.15, 0.2) is 11.6 Å². The fraction of sp³-hybridized carbons (Fsp3) is 0.286. The van der Waals surface area contributed by atoms with E-state index in [4.69, 9.17) is 5.73 Å². The van der Waals surface area contributed by atoms with E-state index in [-0.39, 0.29) is 22.7 Å². The summed E-state index contributed by atoms with van der Waals surface area (Å²) in [7, 11) is 0. The number of anilines is 2. The number of carbonyl (C=O) groups excluding carboxylic acids is 1. The smallest absolute Gasteiger partial charge is 0.252 e. The number of hydrogen-bond donors (Lipinski definition) is 2. The Kier molecular flexibility index (Phi) is 6.51. The Morgan fingerprint density at radius 1 is 1.15 bits per heavy atom. The quantitative estimate of drug-likeness (QED) is 0.740. The zero-order valence-corrected chi connectivity index (χ0v) is 15.4. The maximum Gasteiger partial charge on any atom is 0.252 e. The van der Waals surface area contributed by atoms with Crippen LogP contribution in [0, 0.1) is 42.1 Å². The van der Waals surface area contributed by atoms with Crippen molar-refractivity contribution >= 4 is 17.3 Å². The molecule has 0 atom stereocenters. The summed E-state index contributed by atoms with van der Waals surface area (Å²) < 4.78 is 42.3. The highest BCUT2D eigenvalue weighted by Crippen LogP contribution is 2.31. The molecule has 6 heteroatoms. The van der Waals surface area contributed by atoms with Crippen LogP contribution in [0.15, 0.2) is 24.3 Å². The van der Waals surface area contributed by atoms with Crippen molar-refractivity contribution in [2.24, 2.45) is 11.7 Å². The van der Waals surface area contributed by atoms with E-state index in [9.17, 15) is 18.0 Å². The van der Waals surface area contributed by atoms with E-state index in [0.29, 0.717) is 5.56 Å². The van der Waals surface area contributed by atoms with Crippen LogP contribution in [0.1, 0.15) is 48.2 Å². The number of benzene rings is 2. The van der Waals surface area contributed by atoms with Gasteiger partial charge in [-0.25, -0.2) is 13.2 Å². The number of aryl methyl sites for hydroxylation is 1. The minimum atomic E-state index is -1.31. The molecule has 0 aromatic heterocycles. The number of primary amides is 1. The maximum absolute atomic E-state index is 14.3. The Balaban J connectivity index is 0.00000126. The SMILES string of the molecule is CC.Cc1ccc(Nc2c(F)c(F)cc(C#CC3CC3)c2C(N)=O)c(F)c1. The molecule has 2 aromatic rings. The summed E-state index contributed by atoms with van der Waals surface area (Å²) >= 11 is 0. The number of carbonyl (C=O) groups is 1. The first-order chi connectivity index (χ1) is 12.9. The molecule has 0 radical (unpaired) electrons. The molecule has 3 nitrogen and oxygen atoms in total. The maximum atomic E-state index is 14.3. The number of halogens is 3. The molecule has 3 rings (SSSR count). The van der Waals surface area contributed by atoms with Crippen LogP contribution in [0.5, 0.6) is 0 Å². The molecule has 0 saturated heterocycles. The molecule has 0 aliphatic heterocycles. The summed E-state index contributed by atoms with van der Waals surface area (Å²) in [6.07, 6.45) is 1.87. The first-order valence-corrected chi connectivity index (χ1v) is 8.73. The Labute approximate surface area is 156 Å². The monoisotopic (exact) mass is 374 g/mol. The normalized spacial score (nSPS) is 12.4. The minimum absolute atomic E-state index is 0.0201. The van der Waals surface area contributed by atoms with Gasteiger partial charge in [0.1, 0.15) is 5.82 Å². The van der Waals surface area contributed by atoms with E-state index < -0.39 is 29.0 Å². The number of amides is 1. The summed E-state index contributed by atoms with van der Waals surface area (Å²) in [5, 5.41) is 2.44. The van der Waals surface area contributed by atoms with E-state index in [1.54, 1.807) is 13.0 Å². The van der Waals surface area contributed by atoms with Crippen molar-refractivity contribution in [3.05, 3.63) is 58.4 Å². The van der Waals surface area contributed by atoms with Crippen molar-refractivity contribution in [3.63, 3.8) is 0 Å². The molecule has 0 heterocycles. The van der Waals surface area contributed by atoms with Crippen molar-refractivity contribution in [2.75, 3.05) is 5.32 Å². The van der Waals surface area contributed by atoms with Crippen molar-refractivity contribution in [1.29, 1.82) is 0 Å². The molecule has 1 fully saturated rings. The Bertz CT molecular complexity index is 925. The molecule has 0 bridgehead atoms. The molecular formula is C21H21F3N2O. The Morgan fingerprint density at radius 2 is 1.81 bits per heavy atom. The third-order valence-corrected chi connectivity index (χ3v) is 3.84. The van der Waals surface area contributed by atoms with Gasteiger partial charge in [0.2, 0.25) is 0 Å². The first kappa shape index (κ1) is 20.4. The van der Waals surface area contributed by atoms with Crippen LogP contribution in [-0.4, -0.2) is 5.91 Å². The summed E-state index contributed by atoms with van der Waals surface area (Å²) in [6.45, 7) is 5.69. The van der Waals surface area contributed by atoms with E-state index in [2.05, 4.69) is 17.2 Å². The lowest BCUT2D eigenvalue weighted by molar-refractivity contribution is 0.100. The van der Waals surface area contributed by atoms with Crippen LogP contribution in [0.25, 0.3) is 0 Å². The van der Waals surface area contributed by atoms with E-state index in [1.807, 2.05) is 13.8 Å². The van der Waals surface area contributed by atoms with Crippen molar-refractivity contribution in [1.82, 2.24) is 0 Å². The molecule has 142 valence electrons. The lowest BCUT2D eigenvalue weighted by Gasteiger charge is -2.14. The Morgan fingerprint density at radius 3 is 2.37 bits per heavy atom. The summed E-state index contributed by atoms with van der Waals surface area (Å²) in [4.78, 5) is 11.8. The largest absolute Gasteiger partial charge is 0.365 e. The molecule has 27 heavy (non-hydrogen) atoms. The standard InChI is InChI=1S/C19H15F3N2O.C2H6/c1-10-2-7-15(13(20)8-10)24-18-16(19(23)25)12(6-5-11-3-4-11)9-14(21)17(18)22;1-2/h2,7-9,11,24H,3-4H2,1H3,(H2,23,25);1-2H3. The van der Waals surface area contributed by atoms with Gasteiger partial charge in [-0.05, 0) is 43.5 Å². The van der Waals surface area contributed by atoms with Gasteiger partial charge in [-0.3, -0.25) is 4.79 Å². The van der Waals surface area contributed by atoms with E-state index >= 15 is 0 Å². The van der Waals surface area contributed by atoms with Gasteiger partial charge in [-0.2, -0.15) is 0 Å². The second-order valence-corrected chi connectivity index (χ2v) is 5.99. The molecule has 0 spiro atoms. The van der Waals surface area contributed by atoms with Crippen LogP contribution in [-0.2, 0) is 0 Å². The average Bonchev–Trinajstić information content (AvgIpc) is 3.45. The van der Waals surface area contributed by atoms with Gasteiger partial charge < -0.3 is 11.1 Å². The minimum Gasteiger partial charge on any atom is -0.365 e. The van der Waals surface area contributed by atoms with Crippen molar-refractivity contribution in [3.8, 4) is 11.8 Å². The van der Waals surface area contributed by atoms with Crippen LogP contribution < -0.4 is 11.1 Å². The number of rotatable bonds is 3. The molecule has 2 aromatic carbocycles. The topological polar surface area (TPSA) is 55.1 Å². The molecular weight excluding hydrogens is 353 g/mol. The molecule has 1 aliphatic carbocycles. The van der Waals surface area contributed by atoms with E-state index in [1.165, 1.54) is 12.1 Å². The second kappa shape index (κ2) is 8.63. The van der Waals surface area contributed by atoms with Crippen LogP contribution >= 0.6 is 0 Å². The molecule has 1 amide bonds. The highest BCUT2D eigenvalue weighted by molar-refractivity contribution is 6.02. The molecule has 1 aliphatic rings. The van der Waals surface area contributed by atoms with Gasteiger partial charge in [-0.15, -0.1) is 0 Å². The van der Waals surface area contributed by atoms with Crippen LogP contribution in [0.3, 0.4) is 0 Å². The van der Waals surface area contributed by atoms with Gasteiger partial charge in [0, 0.05) is 11.5 Å². The van der Waals surface area contributed by atoms with Crippen LogP contribution in [0.4, 0.5) is 24.5 Å². The first-order valence-electron chi connectivity index (χ1n) is 8.73. The molecule has 0 unspecified atom stereocenters. The summed E-state index contributed by atoms with van der Waals surface area (Å²) in [5.41, 5.74) is 5.07. The van der Waals surface area contributed by atoms with Crippen molar-refractivity contribution < 1.29 is 18.0 Å². The highest BCUT2D eigenvalue weighted by atomic mass is 19.2. The van der Waals surface area contributed by atoms with Crippen LogP contribution in [0.2, 0.25) is 0 Å². The zero-order valence-electron chi connectivity index (χ0n) is 15.4. The fourth-order valence-electron chi connectivity index (χ4n) is 2.36. The summed E-state index contributed by atoms with van der Waals surface area (Å²) in [5.74, 6) is 1.60. The second-order valence-electron chi connectivity index (χ2n) is 5.99. The number of hydrogen-bond acceptors (Lipinski definition) is 2. The lowest BCUT2D eigenvalue weighted by atomic mass is 10.0. The lowest BCUT2D eigenvalue weighted by Crippen LogP contribution is -2.17. The van der Waals surface area contributed by atoms with Gasteiger partial charge in [0.25, 0.3) is 5.91 Å². The Hall–Kier alpha value is -2.94. The highest BCUT2D eigenvalue weighted by Gasteiger charge is 2.23. The number of nitrogens with two attached hydrogens (primary N) is 1. The fourth-order valence-corrected chi connectivity index (χ4v) is 2.36. The predicted molar refractivity (Wildman–Crippen MR) is 100 cm³/mol. The van der Waals surface area contributed by atoms with Gasteiger partial charge >= 0.3 is 0 Å². The van der Waals surface area contributed by atoms with E-state index in [0.717, 1.165) is 18.9 Å². The van der Waals surface area contributed by atoms with Gasteiger partial charge in [0.05, 0.1) is 16.9 Å². The van der Waals surface area contributed by atoms with Crippen molar-refractivity contribution in [2.45, 2.75) is 33.6 Å². The van der Waals surface area contributed by atoms with Gasteiger partial charge in [-0.1, -0.05) is 31.8 Å². The third kappa shape index (κ3) is 4.82. The number of nitrogens with one attached hydrogen (secondary N) is 1. The third-order valence-electron chi connectivity index (χ3n) is 3.84. The molecule has 1 saturated carbocycles. The molecule has 3 N–H and O–H groups in total. The summed E-state index contributed by atoms with van der Waals surface area (Å²) in [6, 6.07) is 5.04. The average molecular weight is 374 g/mol. The zero-order chi connectivity index (χ0) is 20.1.